The van der Waals surface area contributed by atoms with Gasteiger partial charge in [-0.1, -0.05) is 17.7 Å². The Morgan fingerprint density at radius 3 is 2.56 bits per heavy atom. The van der Waals surface area contributed by atoms with Gasteiger partial charge in [0.25, 0.3) is 0 Å². The van der Waals surface area contributed by atoms with E-state index >= 15 is 0 Å². The Kier molecular flexibility index (Phi) is 5.08. The zero-order chi connectivity index (χ0) is 19.0. The number of aromatic nitrogens is 1. The van der Waals surface area contributed by atoms with Gasteiger partial charge in [0.15, 0.2) is 11.6 Å². The molecule has 0 atom stereocenters. The molecule has 1 aliphatic rings. The molecule has 140 valence electrons. The minimum atomic E-state index is -0.878. The number of benzene rings is 2. The van der Waals surface area contributed by atoms with Crippen LogP contribution in [0.5, 0.6) is 0 Å². The fourth-order valence-electron chi connectivity index (χ4n) is 3.64. The van der Waals surface area contributed by atoms with Crippen molar-refractivity contribution in [3.8, 4) is 11.1 Å². The van der Waals surface area contributed by atoms with Crippen molar-refractivity contribution in [2.75, 3.05) is 13.1 Å². The number of fused-ring (bicyclic) bond motifs is 1. The molecule has 1 fully saturated rings. The fraction of sp³-hybridized carbons (Fsp3) is 0.286. The average Bonchev–Trinajstić information content (AvgIpc) is 2.66. The van der Waals surface area contributed by atoms with Gasteiger partial charge < -0.3 is 5.73 Å². The topological polar surface area (TPSA) is 42.1 Å². The van der Waals surface area contributed by atoms with E-state index in [4.69, 9.17) is 17.3 Å². The SMILES string of the molecule is NC1CCN(Cc2cc(Cl)c3cncc(-c4ccc(F)c(F)c4)c3c2)CC1. The van der Waals surface area contributed by atoms with Crippen LogP contribution in [0.3, 0.4) is 0 Å². The van der Waals surface area contributed by atoms with Crippen molar-refractivity contribution in [1.82, 2.24) is 9.88 Å². The van der Waals surface area contributed by atoms with Crippen LogP contribution in [0.2, 0.25) is 5.02 Å². The smallest absolute Gasteiger partial charge is 0.159 e. The number of piperidine rings is 1. The summed E-state index contributed by atoms with van der Waals surface area (Å²) in [6, 6.07) is 8.18. The number of rotatable bonds is 3. The number of halogens is 3. The van der Waals surface area contributed by atoms with E-state index in [9.17, 15) is 8.78 Å². The molecule has 1 saturated heterocycles. The lowest BCUT2D eigenvalue weighted by atomic mass is 9.98. The molecule has 6 heteroatoms. The highest BCUT2D eigenvalue weighted by Gasteiger charge is 2.17. The number of nitrogens with two attached hydrogens (primary N) is 1. The van der Waals surface area contributed by atoms with E-state index in [1.54, 1.807) is 18.5 Å². The molecule has 1 aromatic heterocycles. The summed E-state index contributed by atoms with van der Waals surface area (Å²) in [6.45, 7) is 2.70. The minimum Gasteiger partial charge on any atom is -0.328 e. The van der Waals surface area contributed by atoms with Gasteiger partial charge in [-0.2, -0.15) is 0 Å². The number of hydrogen-bond acceptors (Lipinski definition) is 3. The molecule has 27 heavy (non-hydrogen) atoms. The molecule has 3 nitrogen and oxygen atoms in total. The minimum absolute atomic E-state index is 0.285. The standard InChI is InChI=1S/C21H20ClF2N3/c22-19-8-13(12-27-5-3-15(25)4-6-27)7-16-17(10-26-11-18(16)19)14-1-2-20(23)21(24)9-14/h1-2,7-11,15H,3-6,12,25H2. The zero-order valence-corrected chi connectivity index (χ0v) is 15.5. The normalized spacial score (nSPS) is 16.1. The summed E-state index contributed by atoms with van der Waals surface area (Å²) in [6.07, 6.45) is 5.34. The van der Waals surface area contributed by atoms with Crippen LogP contribution in [-0.2, 0) is 6.54 Å². The van der Waals surface area contributed by atoms with Gasteiger partial charge in [0.2, 0.25) is 0 Å². The highest BCUT2D eigenvalue weighted by Crippen LogP contribution is 2.33. The van der Waals surface area contributed by atoms with Gasteiger partial charge in [0.05, 0.1) is 5.02 Å². The lowest BCUT2D eigenvalue weighted by Crippen LogP contribution is -2.39. The second-order valence-electron chi connectivity index (χ2n) is 7.10. The fourth-order valence-corrected chi connectivity index (χ4v) is 3.93. The molecule has 3 aromatic rings. The van der Waals surface area contributed by atoms with E-state index in [1.807, 2.05) is 6.07 Å². The molecule has 0 spiro atoms. The van der Waals surface area contributed by atoms with E-state index < -0.39 is 11.6 Å². The maximum absolute atomic E-state index is 13.7. The van der Waals surface area contributed by atoms with Gasteiger partial charge in [0, 0.05) is 35.9 Å². The van der Waals surface area contributed by atoms with Crippen molar-refractivity contribution in [2.24, 2.45) is 5.73 Å². The first-order valence-electron chi connectivity index (χ1n) is 9.01. The molecule has 0 radical (unpaired) electrons. The first-order valence-corrected chi connectivity index (χ1v) is 9.38. The van der Waals surface area contributed by atoms with Gasteiger partial charge in [-0.3, -0.25) is 9.88 Å². The Labute approximate surface area is 161 Å². The summed E-state index contributed by atoms with van der Waals surface area (Å²) in [5, 5.41) is 2.28. The first kappa shape index (κ1) is 18.3. The van der Waals surface area contributed by atoms with Gasteiger partial charge >= 0.3 is 0 Å². The maximum atomic E-state index is 13.7. The van der Waals surface area contributed by atoms with Crippen LogP contribution in [0.1, 0.15) is 18.4 Å². The molecule has 4 rings (SSSR count). The van der Waals surface area contributed by atoms with E-state index in [0.717, 1.165) is 60.4 Å². The van der Waals surface area contributed by atoms with Crippen molar-refractivity contribution < 1.29 is 8.78 Å². The summed E-state index contributed by atoms with van der Waals surface area (Å²) >= 11 is 6.51. The maximum Gasteiger partial charge on any atom is 0.159 e. The van der Waals surface area contributed by atoms with E-state index in [1.165, 1.54) is 6.07 Å². The third-order valence-corrected chi connectivity index (χ3v) is 5.47. The summed E-state index contributed by atoms with van der Waals surface area (Å²) < 4.78 is 27.0. The number of pyridine rings is 1. The lowest BCUT2D eigenvalue weighted by molar-refractivity contribution is 0.206. The molecule has 0 unspecified atom stereocenters. The third kappa shape index (κ3) is 3.81. The second-order valence-corrected chi connectivity index (χ2v) is 7.51. The summed E-state index contributed by atoms with van der Waals surface area (Å²) in [5.41, 5.74) is 8.37. The van der Waals surface area contributed by atoms with Gasteiger partial charge in [0.1, 0.15) is 0 Å². The molecular formula is C21H20ClF2N3. The van der Waals surface area contributed by atoms with Crippen molar-refractivity contribution in [2.45, 2.75) is 25.4 Å². The Morgan fingerprint density at radius 1 is 1.04 bits per heavy atom. The van der Waals surface area contributed by atoms with Crippen LogP contribution >= 0.6 is 11.6 Å². The highest BCUT2D eigenvalue weighted by molar-refractivity contribution is 6.36. The molecule has 0 bridgehead atoms. The predicted octanol–water partition coefficient (Wildman–Crippen LogP) is 4.76. The van der Waals surface area contributed by atoms with Crippen molar-refractivity contribution >= 4 is 22.4 Å². The van der Waals surface area contributed by atoms with E-state index in [-0.39, 0.29) is 6.04 Å². The van der Waals surface area contributed by atoms with Gasteiger partial charge in [-0.05, 0) is 66.7 Å². The molecular weight excluding hydrogens is 368 g/mol. The Bertz CT molecular complexity index is 985. The molecule has 0 amide bonds. The zero-order valence-electron chi connectivity index (χ0n) is 14.8. The first-order chi connectivity index (χ1) is 13.0. The quantitative estimate of drug-likeness (QED) is 0.704. The van der Waals surface area contributed by atoms with Gasteiger partial charge in [-0.15, -0.1) is 0 Å². The summed E-state index contributed by atoms with van der Waals surface area (Å²) in [4.78, 5) is 6.59. The molecule has 0 aliphatic carbocycles. The van der Waals surface area contributed by atoms with Crippen LogP contribution in [-0.4, -0.2) is 29.0 Å². The van der Waals surface area contributed by atoms with E-state index in [0.29, 0.717) is 10.6 Å². The largest absolute Gasteiger partial charge is 0.328 e. The molecule has 0 saturated carbocycles. The summed E-state index contributed by atoms with van der Waals surface area (Å²) in [5.74, 6) is -1.75. The Hall–Kier alpha value is -2.08. The molecule has 2 N–H and O–H groups in total. The van der Waals surface area contributed by atoms with Crippen molar-refractivity contribution in [1.29, 1.82) is 0 Å². The molecule has 1 aliphatic heterocycles. The highest BCUT2D eigenvalue weighted by atomic mass is 35.5. The number of likely N-dealkylation sites (tertiary alicyclic amines) is 1. The lowest BCUT2D eigenvalue weighted by Gasteiger charge is -2.30. The predicted molar refractivity (Wildman–Crippen MR) is 105 cm³/mol. The van der Waals surface area contributed by atoms with E-state index in [2.05, 4.69) is 16.0 Å². The van der Waals surface area contributed by atoms with Crippen molar-refractivity contribution in [3.63, 3.8) is 0 Å². The number of nitrogens with zero attached hydrogens (tertiary/aromatic N) is 2. The van der Waals surface area contributed by atoms with Crippen molar-refractivity contribution in [3.05, 3.63) is 64.9 Å². The van der Waals surface area contributed by atoms with Crippen LogP contribution < -0.4 is 5.73 Å². The monoisotopic (exact) mass is 387 g/mol. The molecule has 2 aromatic carbocycles. The Balaban J connectivity index is 1.74. The average molecular weight is 388 g/mol. The molecule has 2 heterocycles. The second kappa shape index (κ2) is 7.50. The third-order valence-electron chi connectivity index (χ3n) is 5.16. The Morgan fingerprint density at radius 2 is 1.81 bits per heavy atom. The number of hydrogen-bond donors (Lipinski definition) is 1. The van der Waals surface area contributed by atoms with Crippen LogP contribution in [0.15, 0.2) is 42.7 Å². The summed E-state index contributed by atoms with van der Waals surface area (Å²) in [7, 11) is 0. The van der Waals surface area contributed by atoms with Crippen LogP contribution in [0.4, 0.5) is 8.78 Å². The van der Waals surface area contributed by atoms with Gasteiger partial charge in [-0.25, -0.2) is 8.78 Å². The van der Waals surface area contributed by atoms with Crippen LogP contribution in [0, 0.1) is 11.6 Å². The van der Waals surface area contributed by atoms with Crippen LogP contribution in [0.25, 0.3) is 21.9 Å².